The molecule has 3 heterocycles. The number of aryl methyl sites for hydroxylation is 1. The number of aromatic amines is 1. The average Bonchev–Trinajstić information content (AvgIpc) is 3.15. The predicted molar refractivity (Wildman–Crippen MR) is 87.9 cm³/mol. The fourth-order valence-electron chi connectivity index (χ4n) is 3.59. The topological polar surface area (TPSA) is 74.4 Å². The van der Waals surface area contributed by atoms with E-state index in [0.29, 0.717) is 13.2 Å². The van der Waals surface area contributed by atoms with Crippen LogP contribution in [0.4, 0.5) is 0 Å². The van der Waals surface area contributed by atoms with E-state index in [2.05, 4.69) is 15.2 Å². The number of carbonyl (C=O) groups is 1. The number of carbonyl (C=O) groups excluding carboxylic acids is 1. The minimum Gasteiger partial charge on any atom is -0.378 e. The van der Waals surface area contributed by atoms with Gasteiger partial charge in [0.15, 0.2) is 0 Å². The lowest BCUT2D eigenvalue weighted by Gasteiger charge is -2.28. The second-order valence-corrected chi connectivity index (χ2v) is 6.63. The first-order valence-electron chi connectivity index (χ1n) is 8.31. The van der Waals surface area contributed by atoms with Crippen LogP contribution in [0.3, 0.4) is 0 Å². The summed E-state index contributed by atoms with van der Waals surface area (Å²) in [5.74, 6) is -0.299. The van der Waals surface area contributed by atoms with Gasteiger partial charge in [0, 0.05) is 5.69 Å². The molecule has 3 rings (SSSR count). The van der Waals surface area contributed by atoms with Crippen LogP contribution in [0.15, 0.2) is 4.79 Å². The Balaban J connectivity index is 1.79. The van der Waals surface area contributed by atoms with Crippen LogP contribution >= 0.6 is 0 Å². The third kappa shape index (κ3) is 3.05. The van der Waals surface area contributed by atoms with Gasteiger partial charge in [-0.3, -0.25) is 14.5 Å². The Bertz CT molecular complexity index is 662. The molecular formula is C17H25N3O3. The molecule has 0 saturated carbocycles. The van der Waals surface area contributed by atoms with Gasteiger partial charge in [-0.05, 0) is 57.8 Å². The smallest absolute Gasteiger partial charge is 0.261 e. The summed E-state index contributed by atoms with van der Waals surface area (Å²) in [5, 5.41) is 3.02. The van der Waals surface area contributed by atoms with Gasteiger partial charge in [0.05, 0.1) is 25.3 Å². The zero-order valence-electron chi connectivity index (χ0n) is 14.1. The molecule has 126 valence electrons. The molecule has 0 bridgehead atoms. The normalized spacial score (nSPS) is 25.0. The molecular weight excluding hydrogens is 294 g/mol. The summed E-state index contributed by atoms with van der Waals surface area (Å²) in [7, 11) is 0. The van der Waals surface area contributed by atoms with Crippen molar-refractivity contribution in [3.05, 3.63) is 32.7 Å². The Hall–Kier alpha value is -1.66. The Morgan fingerprint density at radius 3 is 2.57 bits per heavy atom. The van der Waals surface area contributed by atoms with E-state index in [-0.39, 0.29) is 29.1 Å². The van der Waals surface area contributed by atoms with Crippen LogP contribution in [-0.4, -0.2) is 54.2 Å². The van der Waals surface area contributed by atoms with Gasteiger partial charge >= 0.3 is 0 Å². The molecule has 2 fully saturated rings. The van der Waals surface area contributed by atoms with Gasteiger partial charge in [-0.2, -0.15) is 0 Å². The number of hydrogen-bond donors (Lipinski definition) is 2. The van der Waals surface area contributed by atoms with Crippen LogP contribution in [0.1, 0.15) is 40.0 Å². The van der Waals surface area contributed by atoms with E-state index in [0.717, 1.165) is 29.9 Å². The lowest BCUT2D eigenvalue weighted by atomic mass is 10.0. The number of aromatic nitrogens is 1. The molecule has 0 radical (unpaired) electrons. The summed E-state index contributed by atoms with van der Waals surface area (Å²) in [6.45, 7) is 8.87. The molecule has 2 saturated heterocycles. The third-order valence-corrected chi connectivity index (χ3v) is 5.23. The number of nitrogens with zero attached hydrogens (tertiary/aromatic N) is 1. The monoisotopic (exact) mass is 319 g/mol. The Labute approximate surface area is 136 Å². The lowest BCUT2D eigenvalue weighted by Crippen LogP contribution is -2.51. The number of nitrogens with one attached hydrogen (secondary N) is 2. The van der Waals surface area contributed by atoms with Gasteiger partial charge in [-0.1, -0.05) is 0 Å². The number of likely N-dealkylation sites (tertiary alicyclic amines) is 1. The second kappa shape index (κ2) is 6.45. The first-order valence-corrected chi connectivity index (χ1v) is 8.31. The van der Waals surface area contributed by atoms with Gasteiger partial charge in [-0.25, -0.2) is 0 Å². The SMILES string of the molecule is Cc1[nH]c(=O)c(C(=O)N[C@@H]2COC[C@H]2N2CCCC2)c(C)c1C. The van der Waals surface area contributed by atoms with E-state index in [1.165, 1.54) is 12.8 Å². The van der Waals surface area contributed by atoms with E-state index < -0.39 is 0 Å². The maximum Gasteiger partial charge on any atom is 0.261 e. The summed E-state index contributed by atoms with van der Waals surface area (Å²) in [6, 6.07) is 0.161. The summed E-state index contributed by atoms with van der Waals surface area (Å²) >= 11 is 0. The Morgan fingerprint density at radius 2 is 1.87 bits per heavy atom. The molecule has 0 aliphatic carbocycles. The molecule has 0 spiro atoms. The third-order valence-electron chi connectivity index (χ3n) is 5.23. The molecule has 1 amide bonds. The highest BCUT2D eigenvalue weighted by atomic mass is 16.5. The molecule has 0 unspecified atom stereocenters. The second-order valence-electron chi connectivity index (χ2n) is 6.63. The summed E-state index contributed by atoms with van der Waals surface area (Å²) in [4.78, 5) is 30.0. The first-order chi connectivity index (χ1) is 11.0. The van der Waals surface area contributed by atoms with E-state index >= 15 is 0 Å². The van der Waals surface area contributed by atoms with Crippen LogP contribution in [0.25, 0.3) is 0 Å². The minimum absolute atomic E-state index is 0.0546. The van der Waals surface area contributed by atoms with Crippen molar-refractivity contribution in [2.45, 2.75) is 45.7 Å². The van der Waals surface area contributed by atoms with Crippen LogP contribution in [0.5, 0.6) is 0 Å². The molecule has 2 N–H and O–H groups in total. The van der Waals surface area contributed by atoms with E-state index in [9.17, 15) is 9.59 Å². The molecule has 1 aromatic rings. The van der Waals surface area contributed by atoms with Crippen molar-refractivity contribution in [1.29, 1.82) is 0 Å². The first kappa shape index (κ1) is 16.2. The van der Waals surface area contributed by atoms with Gasteiger partial charge in [-0.15, -0.1) is 0 Å². The van der Waals surface area contributed by atoms with Gasteiger partial charge in [0.25, 0.3) is 11.5 Å². The van der Waals surface area contributed by atoms with Gasteiger partial charge in [0.1, 0.15) is 5.56 Å². The maximum atomic E-state index is 12.7. The molecule has 2 atom stereocenters. The Morgan fingerprint density at radius 1 is 1.17 bits per heavy atom. The molecule has 6 nitrogen and oxygen atoms in total. The molecule has 2 aliphatic rings. The number of ether oxygens (including phenoxy) is 1. The number of H-pyrrole nitrogens is 1. The van der Waals surface area contributed by atoms with E-state index in [4.69, 9.17) is 4.74 Å². The molecule has 1 aromatic heterocycles. The van der Waals surface area contributed by atoms with Crippen molar-refractivity contribution < 1.29 is 9.53 Å². The van der Waals surface area contributed by atoms with Crippen molar-refractivity contribution in [2.24, 2.45) is 0 Å². The molecule has 23 heavy (non-hydrogen) atoms. The predicted octanol–water partition coefficient (Wildman–Crippen LogP) is 0.893. The summed E-state index contributed by atoms with van der Waals surface area (Å²) in [6.07, 6.45) is 2.40. The van der Waals surface area contributed by atoms with Crippen molar-refractivity contribution in [3.63, 3.8) is 0 Å². The highest BCUT2D eigenvalue weighted by molar-refractivity contribution is 5.95. The van der Waals surface area contributed by atoms with E-state index in [1.807, 2.05) is 20.8 Å². The minimum atomic E-state index is -0.320. The van der Waals surface area contributed by atoms with Gasteiger partial charge in [0.2, 0.25) is 0 Å². The highest BCUT2D eigenvalue weighted by Gasteiger charge is 2.35. The zero-order chi connectivity index (χ0) is 16.6. The van der Waals surface area contributed by atoms with Gasteiger partial charge < -0.3 is 15.0 Å². The standard InChI is InChI=1S/C17H25N3O3/c1-10-11(2)15(16(21)18-12(10)3)17(22)19-13-8-23-9-14(13)20-6-4-5-7-20/h13-14H,4-9H2,1-3H3,(H,18,21)(H,19,22)/t13-,14-/m1/s1. The summed E-state index contributed by atoms with van der Waals surface area (Å²) < 4.78 is 5.58. The summed E-state index contributed by atoms with van der Waals surface area (Å²) in [5.41, 5.74) is 2.41. The number of rotatable bonds is 3. The van der Waals surface area contributed by atoms with Crippen molar-refractivity contribution in [3.8, 4) is 0 Å². The Kier molecular flexibility index (Phi) is 4.55. The lowest BCUT2D eigenvalue weighted by molar-refractivity contribution is 0.0914. The van der Waals surface area contributed by atoms with Crippen molar-refractivity contribution >= 4 is 5.91 Å². The van der Waals surface area contributed by atoms with E-state index in [1.54, 1.807) is 0 Å². The fourth-order valence-corrected chi connectivity index (χ4v) is 3.59. The number of pyridine rings is 1. The van der Waals surface area contributed by atoms with Crippen LogP contribution < -0.4 is 10.9 Å². The molecule has 2 aliphatic heterocycles. The van der Waals surface area contributed by atoms with Crippen molar-refractivity contribution in [1.82, 2.24) is 15.2 Å². The molecule has 0 aromatic carbocycles. The quantitative estimate of drug-likeness (QED) is 0.868. The van der Waals surface area contributed by atoms with Crippen molar-refractivity contribution in [2.75, 3.05) is 26.3 Å². The number of hydrogen-bond acceptors (Lipinski definition) is 4. The van der Waals surface area contributed by atoms with Crippen LogP contribution in [0.2, 0.25) is 0 Å². The van der Waals surface area contributed by atoms with Crippen LogP contribution in [-0.2, 0) is 4.74 Å². The number of amides is 1. The average molecular weight is 319 g/mol. The fraction of sp³-hybridized carbons (Fsp3) is 0.647. The van der Waals surface area contributed by atoms with Crippen LogP contribution in [0, 0.1) is 20.8 Å². The zero-order valence-corrected chi connectivity index (χ0v) is 14.1. The highest BCUT2D eigenvalue weighted by Crippen LogP contribution is 2.20. The maximum absolute atomic E-state index is 12.7. The molecule has 6 heteroatoms. The largest absolute Gasteiger partial charge is 0.378 e.